The molecule has 82 valence electrons. The first-order valence-corrected chi connectivity index (χ1v) is 6.02. The molecule has 0 radical (unpaired) electrons. The molecule has 0 unspecified atom stereocenters. The first-order valence-electron chi connectivity index (χ1n) is 6.02. The van der Waals surface area contributed by atoms with Gasteiger partial charge in [0.25, 0.3) is 0 Å². The van der Waals surface area contributed by atoms with Crippen LogP contribution in [0.1, 0.15) is 19.8 Å². The van der Waals surface area contributed by atoms with Crippen LogP contribution >= 0.6 is 0 Å². The van der Waals surface area contributed by atoms with E-state index >= 15 is 0 Å². The highest BCUT2D eigenvalue weighted by Gasteiger charge is 2.22. The van der Waals surface area contributed by atoms with Gasteiger partial charge in [0, 0.05) is 32.2 Å². The third kappa shape index (κ3) is 2.69. The Kier molecular flexibility index (Phi) is 3.79. The Balaban J connectivity index is 1.76. The van der Waals surface area contributed by atoms with Crippen LogP contribution in [0, 0.1) is 5.92 Å². The molecule has 0 bridgehead atoms. The Morgan fingerprint density at radius 1 is 1.14 bits per heavy atom. The van der Waals surface area contributed by atoms with Gasteiger partial charge in [0.2, 0.25) is 0 Å². The zero-order valence-electron chi connectivity index (χ0n) is 9.26. The van der Waals surface area contributed by atoms with Gasteiger partial charge in [0.15, 0.2) is 0 Å². The number of hydrogen-bond acceptors (Lipinski definition) is 3. The van der Waals surface area contributed by atoms with Gasteiger partial charge in [0.1, 0.15) is 0 Å². The maximum atomic E-state index is 3.45. The van der Waals surface area contributed by atoms with Crippen LogP contribution in [0.25, 0.3) is 0 Å². The maximum Gasteiger partial charge on any atom is 0.0193 e. The van der Waals surface area contributed by atoms with Crippen molar-refractivity contribution in [2.75, 3.05) is 39.3 Å². The topological polar surface area (TPSA) is 27.3 Å². The zero-order chi connectivity index (χ0) is 9.80. The summed E-state index contributed by atoms with van der Waals surface area (Å²) in [5.74, 6) is 0.941. The lowest BCUT2D eigenvalue weighted by molar-refractivity contribution is 0.136. The van der Waals surface area contributed by atoms with Crippen molar-refractivity contribution in [3.05, 3.63) is 0 Å². The average molecular weight is 197 g/mol. The highest BCUT2D eigenvalue weighted by Crippen LogP contribution is 2.15. The van der Waals surface area contributed by atoms with E-state index in [1.165, 1.54) is 52.1 Å². The van der Waals surface area contributed by atoms with E-state index in [1.54, 1.807) is 0 Å². The molecule has 3 heteroatoms. The third-order valence-electron chi connectivity index (χ3n) is 3.59. The molecule has 1 atom stereocenters. The Morgan fingerprint density at radius 3 is 2.64 bits per heavy atom. The van der Waals surface area contributed by atoms with Crippen molar-refractivity contribution in [2.45, 2.75) is 25.8 Å². The van der Waals surface area contributed by atoms with Gasteiger partial charge < -0.3 is 10.6 Å². The van der Waals surface area contributed by atoms with Gasteiger partial charge >= 0.3 is 0 Å². The molecule has 2 N–H and O–H groups in total. The molecule has 0 aromatic carbocycles. The van der Waals surface area contributed by atoms with Crippen LogP contribution in [0.5, 0.6) is 0 Å². The van der Waals surface area contributed by atoms with E-state index in [-0.39, 0.29) is 0 Å². The van der Waals surface area contributed by atoms with Crippen LogP contribution in [0.4, 0.5) is 0 Å². The molecular weight excluding hydrogens is 174 g/mol. The first-order chi connectivity index (χ1) is 6.86. The lowest BCUT2D eigenvalue weighted by Gasteiger charge is -2.37. The molecule has 0 saturated carbocycles. The predicted molar refractivity (Wildman–Crippen MR) is 59.5 cm³/mol. The van der Waals surface area contributed by atoms with Crippen molar-refractivity contribution in [1.82, 2.24) is 15.5 Å². The molecule has 2 fully saturated rings. The molecule has 2 heterocycles. The second-order valence-corrected chi connectivity index (χ2v) is 4.74. The van der Waals surface area contributed by atoms with E-state index < -0.39 is 0 Å². The van der Waals surface area contributed by atoms with E-state index in [2.05, 4.69) is 22.5 Å². The Hall–Kier alpha value is -0.120. The fraction of sp³-hybridized carbons (Fsp3) is 1.00. The fourth-order valence-electron chi connectivity index (χ4n) is 2.55. The second-order valence-electron chi connectivity index (χ2n) is 4.74. The number of rotatable bonds is 2. The number of piperazine rings is 1. The average Bonchev–Trinajstić information content (AvgIpc) is 2.23. The van der Waals surface area contributed by atoms with Gasteiger partial charge in [-0.15, -0.1) is 0 Å². The molecule has 0 aromatic rings. The van der Waals surface area contributed by atoms with Gasteiger partial charge in [0.05, 0.1) is 0 Å². The summed E-state index contributed by atoms with van der Waals surface area (Å²) < 4.78 is 0. The quantitative estimate of drug-likeness (QED) is 0.666. The summed E-state index contributed by atoms with van der Waals surface area (Å²) in [5.41, 5.74) is 0. The largest absolute Gasteiger partial charge is 0.317 e. The standard InChI is InChI=1S/C11H23N3/c1-10-8-13-6-7-14(10)9-11-2-4-12-5-3-11/h10-13H,2-9H2,1H3/t10-/m1/s1. The van der Waals surface area contributed by atoms with E-state index in [1.807, 2.05) is 0 Å². The maximum absolute atomic E-state index is 3.45. The summed E-state index contributed by atoms with van der Waals surface area (Å²) in [6.45, 7) is 9.71. The number of hydrogen-bond donors (Lipinski definition) is 2. The minimum Gasteiger partial charge on any atom is -0.317 e. The lowest BCUT2D eigenvalue weighted by atomic mass is 9.96. The highest BCUT2D eigenvalue weighted by atomic mass is 15.2. The summed E-state index contributed by atoms with van der Waals surface area (Å²) in [7, 11) is 0. The van der Waals surface area contributed by atoms with Crippen LogP contribution in [0.3, 0.4) is 0 Å². The molecule has 0 amide bonds. The fourth-order valence-corrected chi connectivity index (χ4v) is 2.55. The molecular formula is C11H23N3. The second kappa shape index (κ2) is 5.10. The van der Waals surface area contributed by atoms with E-state index in [9.17, 15) is 0 Å². The van der Waals surface area contributed by atoms with Crippen LogP contribution in [-0.4, -0.2) is 50.2 Å². The number of piperidine rings is 1. The van der Waals surface area contributed by atoms with E-state index in [0.717, 1.165) is 12.0 Å². The molecule has 0 aliphatic carbocycles. The number of nitrogens with one attached hydrogen (secondary N) is 2. The molecule has 0 spiro atoms. The molecule has 0 aromatic heterocycles. The minimum atomic E-state index is 0.735. The zero-order valence-corrected chi connectivity index (χ0v) is 9.26. The number of nitrogens with zero attached hydrogens (tertiary/aromatic N) is 1. The van der Waals surface area contributed by atoms with Gasteiger partial charge in [-0.1, -0.05) is 0 Å². The molecule has 2 rings (SSSR count). The minimum absolute atomic E-state index is 0.735. The summed E-state index contributed by atoms with van der Waals surface area (Å²) in [5, 5.41) is 6.88. The molecule has 3 nitrogen and oxygen atoms in total. The SMILES string of the molecule is C[C@@H]1CNCCN1CC1CCNCC1. The third-order valence-corrected chi connectivity index (χ3v) is 3.59. The first kappa shape index (κ1) is 10.4. The monoisotopic (exact) mass is 197 g/mol. The van der Waals surface area contributed by atoms with Crippen molar-refractivity contribution < 1.29 is 0 Å². The van der Waals surface area contributed by atoms with Gasteiger partial charge in [-0.3, -0.25) is 4.90 Å². The van der Waals surface area contributed by atoms with Crippen molar-refractivity contribution in [3.63, 3.8) is 0 Å². The summed E-state index contributed by atoms with van der Waals surface area (Å²) in [4.78, 5) is 2.66. The van der Waals surface area contributed by atoms with Crippen LogP contribution < -0.4 is 10.6 Å². The highest BCUT2D eigenvalue weighted by molar-refractivity contribution is 4.80. The normalized spacial score (nSPS) is 31.9. The van der Waals surface area contributed by atoms with E-state index in [4.69, 9.17) is 0 Å². The Morgan fingerprint density at radius 2 is 1.93 bits per heavy atom. The van der Waals surface area contributed by atoms with Gasteiger partial charge in [-0.25, -0.2) is 0 Å². The summed E-state index contributed by atoms with van der Waals surface area (Å²) in [6.07, 6.45) is 2.74. The molecule has 14 heavy (non-hydrogen) atoms. The van der Waals surface area contributed by atoms with Crippen molar-refractivity contribution in [2.24, 2.45) is 5.92 Å². The van der Waals surface area contributed by atoms with Crippen LogP contribution in [-0.2, 0) is 0 Å². The molecule has 2 aliphatic heterocycles. The summed E-state index contributed by atoms with van der Waals surface area (Å²) >= 11 is 0. The predicted octanol–water partition coefficient (Wildman–Crippen LogP) is 0.280. The Bertz CT molecular complexity index is 166. The molecule has 2 saturated heterocycles. The van der Waals surface area contributed by atoms with Crippen LogP contribution in [0.2, 0.25) is 0 Å². The summed E-state index contributed by atoms with van der Waals surface area (Å²) in [6, 6.07) is 0.735. The van der Waals surface area contributed by atoms with Crippen LogP contribution in [0.15, 0.2) is 0 Å². The van der Waals surface area contributed by atoms with E-state index in [0.29, 0.717) is 0 Å². The van der Waals surface area contributed by atoms with Crippen molar-refractivity contribution in [1.29, 1.82) is 0 Å². The van der Waals surface area contributed by atoms with Crippen molar-refractivity contribution >= 4 is 0 Å². The van der Waals surface area contributed by atoms with Gasteiger partial charge in [-0.05, 0) is 38.8 Å². The Labute approximate surface area is 87.2 Å². The van der Waals surface area contributed by atoms with Crippen molar-refractivity contribution in [3.8, 4) is 0 Å². The lowest BCUT2D eigenvalue weighted by Crippen LogP contribution is -2.51. The molecule has 2 aliphatic rings. The smallest absolute Gasteiger partial charge is 0.0193 e. The van der Waals surface area contributed by atoms with Gasteiger partial charge in [-0.2, -0.15) is 0 Å².